The molecular formula is C21H23FN8O2. The Bertz CT molecular complexity index is 1080. The van der Waals surface area contributed by atoms with E-state index in [1.54, 1.807) is 30.0 Å². The Hall–Kier alpha value is -3.86. The summed E-state index contributed by atoms with van der Waals surface area (Å²) in [5.74, 6) is -0.624. The lowest BCUT2D eigenvalue weighted by molar-refractivity contribution is -0.121. The molecule has 1 aliphatic rings. The zero-order valence-corrected chi connectivity index (χ0v) is 17.5. The molecule has 166 valence electrons. The van der Waals surface area contributed by atoms with E-state index in [1.165, 1.54) is 23.1 Å². The molecule has 0 bridgehead atoms. The van der Waals surface area contributed by atoms with Crippen molar-refractivity contribution in [2.24, 2.45) is 0 Å². The predicted octanol–water partition coefficient (Wildman–Crippen LogP) is 1.98. The van der Waals surface area contributed by atoms with Gasteiger partial charge in [0.15, 0.2) is 0 Å². The number of tetrazole rings is 1. The molecule has 3 amide bonds. The molecule has 0 aliphatic carbocycles. The number of rotatable bonds is 5. The number of hydrogen-bond acceptors (Lipinski definition) is 6. The molecule has 1 atom stereocenters. The van der Waals surface area contributed by atoms with Crippen LogP contribution in [0, 0.1) is 5.82 Å². The number of urea groups is 1. The summed E-state index contributed by atoms with van der Waals surface area (Å²) in [5, 5.41) is 16.8. The van der Waals surface area contributed by atoms with Crippen LogP contribution in [0.25, 0.3) is 5.69 Å². The second-order valence-electron chi connectivity index (χ2n) is 7.40. The molecule has 0 saturated carbocycles. The van der Waals surface area contributed by atoms with Crippen LogP contribution in [-0.4, -0.2) is 74.2 Å². The third-order valence-electron chi connectivity index (χ3n) is 5.36. The number of aromatic nitrogens is 4. The van der Waals surface area contributed by atoms with Crippen molar-refractivity contribution in [2.75, 3.05) is 36.8 Å². The van der Waals surface area contributed by atoms with Crippen LogP contribution in [0.15, 0.2) is 54.9 Å². The average molecular weight is 438 g/mol. The molecule has 1 saturated heterocycles. The van der Waals surface area contributed by atoms with Crippen LogP contribution in [0.5, 0.6) is 0 Å². The van der Waals surface area contributed by atoms with Crippen LogP contribution in [-0.2, 0) is 4.79 Å². The molecule has 10 nitrogen and oxygen atoms in total. The molecule has 1 unspecified atom stereocenters. The van der Waals surface area contributed by atoms with Gasteiger partial charge in [0, 0.05) is 31.9 Å². The lowest BCUT2D eigenvalue weighted by atomic mass is 10.2. The van der Waals surface area contributed by atoms with E-state index in [-0.39, 0.29) is 11.9 Å². The van der Waals surface area contributed by atoms with Gasteiger partial charge in [-0.3, -0.25) is 9.69 Å². The summed E-state index contributed by atoms with van der Waals surface area (Å²) in [7, 11) is 0. The number of piperazine rings is 1. The average Bonchev–Trinajstić information content (AvgIpc) is 3.34. The molecule has 0 spiro atoms. The lowest BCUT2D eigenvalue weighted by Gasteiger charge is -2.37. The van der Waals surface area contributed by atoms with Gasteiger partial charge >= 0.3 is 6.03 Å². The first-order chi connectivity index (χ1) is 15.5. The highest BCUT2D eigenvalue weighted by Crippen LogP contribution is 2.19. The Kier molecular flexibility index (Phi) is 6.36. The molecule has 2 N–H and O–H groups in total. The third kappa shape index (κ3) is 4.89. The van der Waals surface area contributed by atoms with Gasteiger partial charge in [-0.2, -0.15) is 4.68 Å². The van der Waals surface area contributed by atoms with Crippen molar-refractivity contribution >= 4 is 23.3 Å². The van der Waals surface area contributed by atoms with Crippen LogP contribution in [0.3, 0.4) is 0 Å². The molecule has 0 radical (unpaired) electrons. The van der Waals surface area contributed by atoms with E-state index < -0.39 is 11.9 Å². The number of carbonyl (C=O) groups excluding carboxylic acids is 2. The fraction of sp³-hybridized carbons (Fsp3) is 0.286. The Morgan fingerprint density at radius 2 is 1.81 bits per heavy atom. The highest BCUT2D eigenvalue weighted by Gasteiger charge is 2.28. The third-order valence-corrected chi connectivity index (χ3v) is 5.36. The van der Waals surface area contributed by atoms with Gasteiger partial charge in [-0.15, -0.1) is 5.10 Å². The van der Waals surface area contributed by atoms with E-state index in [4.69, 9.17) is 0 Å². The standard InChI is InChI=1S/C21H23FN8O2/c1-15(20(31)24-17-6-4-5-16(22)13-17)28-9-11-29(12-10-28)21(32)25-18-7-2-3-8-19(18)30-14-23-26-27-30/h2-8,13-15H,9-12H2,1H3,(H,24,31)(H,25,32). The lowest BCUT2D eigenvalue weighted by Crippen LogP contribution is -2.54. The molecule has 32 heavy (non-hydrogen) atoms. The van der Waals surface area contributed by atoms with Crippen LogP contribution in [0.4, 0.5) is 20.6 Å². The van der Waals surface area contributed by atoms with Crippen LogP contribution in [0.1, 0.15) is 6.92 Å². The molecule has 2 heterocycles. The number of halogens is 1. The van der Waals surface area contributed by atoms with Crippen molar-refractivity contribution in [3.8, 4) is 5.69 Å². The predicted molar refractivity (Wildman–Crippen MR) is 116 cm³/mol. The molecule has 1 aliphatic heterocycles. The maximum absolute atomic E-state index is 13.3. The Morgan fingerprint density at radius 1 is 1.03 bits per heavy atom. The highest BCUT2D eigenvalue weighted by molar-refractivity contribution is 5.94. The summed E-state index contributed by atoms with van der Waals surface area (Å²) in [5.41, 5.74) is 1.67. The van der Waals surface area contributed by atoms with Crippen molar-refractivity contribution in [1.82, 2.24) is 30.0 Å². The number of nitrogens with zero attached hydrogens (tertiary/aromatic N) is 6. The first-order valence-electron chi connectivity index (χ1n) is 10.2. The maximum Gasteiger partial charge on any atom is 0.321 e. The Labute approximate surface area is 184 Å². The molecular weight excluding hydrogens is 415 g/mol. The Balaban J connectivity index is 1.32. The van der Waals surface area contributed by atoms with Gasteiger partial charge in [0.05, 0.1) is 17.4 Å². The minimum absolute atomic E-state index is 0.219. The van der Waals surface area contributed by atoms with Crippen LogP contribution in [0.2, 0.25) is 0 Å². The molecule has 1 aromatic heterocycles. The number of hydrogen-bond donors (Lipinski definition) is 2. The van der Waals surface area contributed by atoms with Gasteiger partial charge < -0.3 is 15.5 Å². The summed E-state index contributed by atoms with van der Waals surface area (Å²) >= 11 is 0. The van der Waals surface area contributed by atoms with Gasteiger partial charge in [-0.25, -0.2) is 9.18 Å². The summed E-state index contributed by atoms with van der Waals surface area (Å²) in [6.45, 7) is 3.82. The van der Waals surface area contributed by atoms with E-state index in [1.807, 2.05) is 23.1 Å². The van der Waals surface area contributed by atoms with Crippen LogP contribution >= 0.6 is 0 Å². The second-order valence-corrected chi connectivity index (χ2v) is 7.40. The second kappa shape index (κ2) is 9.52. The maximum atomic E-state index is 13.3. The number of benzene rings is 2. The van der Waals surface area contributed by atoms with Crippen LogP contribution < -0.4 is 10.6 Å². The number of para-hydroxylation sites is 2. The van der Waals surface area contributed by atoms with Crippen molar-refractivity contribution < 1.29 is 14.0 Å². The van der Waals surface area contributed by atoms with Gasteiger partial charge in [0.2, 0.25) is 5.91 Å². The summed E-state index contributed by atoms with van der Waals surface area (Å²) in [4.78, 5) is 29.0. The molecule has 4 rings (SSSR count). The van der Waals surface area contributed by atoms with Crippen molar-refractivity contribution in [2.45, 2.75) is 13.0 Å². The number of anilines is 2. The van der Waals surface area contributed by atoms with E-state index in [0.717, 1.165) is 0 Å². The summed E-state index contributed by atoms with van der Waals surface area (Å²) < 4.78 is 14.8. The first-order valence-corrected chi connectivity index (χ1v) is 10.2. The molecule has 3 aromatic rings. The SMILES string of the molecule is CC(C(=O)Nc1cccc(F)c1)N1CCN(C(=O)Nc2ccccc2-n2cnnn2)CC1. The van der Waals surface area contributed by atoms with Crippen molar-refractivity contribution in [3.63, 3.8) is 0 Å². The minimum Gasteiger partial charge on any atom is -0.325 e. The van der Waals surface area contributed by atoms with Gasteiger partial charge in [0.1, 0.15) is 12.1 Å². The van der Waals surface area contributed by atoms with E-state index in [2.05, 4.69) is 26.2 Å². The van der Waals surface area contributed by atoms with E-state index >= 15 is 0 Å². The number of amides is 3. The summed E-state index contributed by atoms with van der Waals surface area (Å²) in [6, 6.07) is 12.4. The summed E-state index contributed by atoms with van der Waals surface area (Å²) in [6.07, 6.45) is 1.46. The van der Waals surface area contributed by atoms with Crippen molar-refractivity contribution in [1.29, 1.82) is 0 Å². The van der Waals surface area contributed by atoms with Crippen molar-refractivity contribution in [3.05, 3.63) is 60.7 Å². The van der Waals surface area contributed by atoms with Gasteiger partial charge in [-0.05, 0) is 47.7 Å². The smallest absolute Gasteiger partial charge is 0.321 e. The largest absolute Gasteiger partial charge is 0.325 e. The number of carbonyl (C=O) groups is 2. The van der Waals surface area contributed by atoms with Gasteiger partial charge in [0.25, 0.3) is 0 Å². The topological polar surface area (TPSA) is 108 Å². The zero-order valence-electron chi connectivity index (χ0n) is 17.5. The fourth-order valence-corrected chi connectivity index (χ4v) is 3.54. The normalized spacial score (nSPS) is 15.2. The van der Waals surface area contributed by atoms with Gasteiger partial charge in [-0.1, -0.05) is 18.2 Å². The van der Waals surface area contributed by atoms with E-state index in [0.29, 0.717) is 43.2 Å². The molecule has 1 fully saturated rings. The zero-order chi connectivity index (χ0) is 22.5. The quantitative estimate of drug-likeness (QED) is 0.631. The Morgan fingerprint density at radius 3 is 2.53 bits per heavy atom. The molecule has 11 heteroatoms. The monoisotopic (exact) mass is 438 g/mol. The fourth-order valence-electron chi connectivity index (χ4n) is 3.54. The molecule has 2 aromatic carbocycles. The highest BCUT2D eigenvalue weighted by atomic mass is 19.1. The first kappa shape index (κ1) is 21.4. The minimum atomic E-state index is -0.413. The van der Waals surface area contributed by atoms with E-state index in [9.17, 15) is 14.0 Å². The number of nitrogens with one attached hydrogen (secondary N) is 2.